The van der Waals surface area contributed by atoms with E-state index >= 15 is 0 Å². The van der Waals surface area contributed by atoms with Crippen LogP contribution in [0.3, 0.4) is 0 Å². The molecule has 0 fully saturated rings. The molecule has 0 atom stereocenters. The Labute approximate surface area is 165 Å². The molecule has 0 aliphatic heterocycles. The largest absolute Gasteiger partial charge is 0.465 e. The Balaban J connectivity index is 1.86. The van der Waals surface area contributed by atoms with Crippen LogP contribution in [0.1, 0.15) is 21.7 Å². The van der Waals surface area contributed by atoms with E-state index in [9.17, 15) is 9.59 Å². The predicted octanol–water partition coefficient (Wildman–Crippen LogP) is 4.76. The van der Waals surface area contributed by atoms with Crippen molar-refractivity contribution in [2.75, 3.05) is 5.32 Å². The van der Waals surface area contributed by atoms with Crippen molar-refractivity contribution in [3.05, 3.63) is 94.0 Å². The minimum Gasteiger partial charge on any atom is -0.465 e. The van der Waals surface area contributed by atoms with Gasteiger partial charge in [-0.1, -0.05) is 24.3 Å². The van der Waals surface area contributed by atoms with Crippen molar-refractivity contribution in [3.63, 3.8) is 0 Å². The number of benzene rings is 2. The zero-order valence-electron chi connectivity index (χ0n) is 14.5. The molecular weight excluding hydrogens is 408 g/mol. The Hall–Kier alpha value is -3.12. The number of anilines is 1. The second-order valence-corrected chi connectivity index (χ2v) is 6.69. The van der Waals surface area contributed by atoms with E-state index in [2.05, 4.69) is 26.6 Å². The molecule has 5 nitrogen and oxygen atoms in total. The first-order valence-electron chi connectivity index (χ1n) is 8.22. The smallest absolute Gasteiger partial charge is 0.272 e. The Morgan fingerprint density at radius 2 is 1.85 bits per heavy atom. The molecule has 136 valence electrons. The van der Waals surface area contributed by atoms with Gasteiger partial charge in [-0.15, -0.1) is 0 Å². The lowest BCUT2D eigenvalue weighted by molar-refractivity contribution is -0.113. The molecule has 0 spiro atoms. The summed E-state index contributed by atoms with van der Waals surface area (Å²) in [6, 6.07) is 17.8. The highest BCUT2D eigenvalue weighted by molar-refractivity contribution is 9.10. The third-order valence-electron chi connectivity index (χ3n) is 3.72. The maximum atomic E-state index is 12.8. The van der Waals surface area contributed by atoms with Crippen molar-refractivity contribution < 1.29 is 14.0 Å². The van der Waals surface area contributed by atoms with Gasteiger partial charge in [0.2, 0.25) is 0 Å². The molecule has 0 aliphatic rings. The molecule has 0 unspecified atom stereocenters. The van der Waals surface area contributed by atoms with Gasteiger partial charge in [-0.2, -0.15) is 0 Å². The number of aryl methyl sites for hydroxylation is 1. The summed E-state index contributed by atoms with van der Waals surface area (Å²) in [6.45, 7) is 1.93. The zero-order chi connectivity index (χ0) is 19.2. The lowest BCUT2D eigenvalue weighted by Gasteiger charge is -2.12. The maximum absolute atomic E-state index is 12.8. The fourth-order valence-corrected chi connectivity index (χ4v) is 2.90. The van der Waals surface area contributed by atoms with E-state index in [4.69, 9.17) is 4.42 Å². The monoisotopic (exact) mass is 424 g/mol. The number of nitrogens with one attached hydrogen (secondary N) is 2. The topological polar surface area (TPSA) is 71.3 Å². The van der Waals surface area contributed by atoms with Crippen molar-refractivity contribution in [2.24, 2.45) is 0 Å². The summed E-state index contributed by atoms with van der Waals surface area (Å²) in [7, 11) is 0. The highest BCUT2D eigenvalue weighted by Gasteiger charge is 2.17. The third kappa shape index (κ3) is 4.95. The van der Waals surface area contributed by atoms with Gasteiger partial charge in [-0.05, 0) is 64.8 Å². The summed E-state index contributed by atoms with van der Waals surface area (Å²) in [5.41, 5.74) is 2.15. The number of furan rings is 1. The van der Waals surface area contributed by atoms with Gasteiger partial charge in [0.1, 0.15) is 11.5 Å². The molecule has 1 heterocycles. The fourth-order valence-electron chi connectivity index (χ4n) is 2.43. The molecule has 1 aromatic heterocycles. The minimum absolute atomic E-state index is 0.0761. The van der Waals surface area contributed by atoms with Crippen molar-refractivity contribution in [1.29, 1.82) is 0 Å². The second-order valence-electron chi connectivity index (χ2n) is 5.83. The fraction of sp³-hybridized carbons (Fsp3) is 0.0476. The van der Waals surface area contributed by atoms with Crippen molar-refractivity contribution in [2.45, 2.75) is 6.92 Å². The van der Waals surface area contributed by atoms with E-state index in [1.54, 1.807) is 36.4 Å². The van der Waals surface area contributed by atoms with Gasteiger partial charge in [-0.25, -0.2) is 0 Å². The van der Waals surface area contributed by atoms with E-state index < -0.39 is 11.8 Å². The first-order chi connectivity index (χ1) is 13.0. The summed E-state index contributed by atoms with van der Waals surface area (Å²) >= 11 is 3.35. The number of amides is 2. The summed E-state index contributed by atoms with van der Waals surface area (Å²) in [5.74, 6) is -0.395. The minimum atomic E-state index is -0.447. The highest BCUT2D eigenvalue weighted by atomic mass is 79.9. The van der Waals surface area contributed by atoms with E-state index in [0.29, 0.717) is 21.5 Å². The standard InChI is InChI=1S/C21H17BrN2O3/c1-14-6-4-7-15(12-14)23-21(26)19(13-16-8-5-11-27-16)24-20(25)17-9-2-3-10-18(17)22/h2-13H,1H3,(H,23,26)(H,24,25)/b19-13+. The van der Waals surface area contributed by atoms with Gasteiger partial charge >= 0.3 is 0 Å². The Kier molecular flexibility index (Phi) is 5.88. The predicted molar refractivity (Wildman–Crippen MR) is 108 cm³/mol. The molecule has 2 amide bonds. The van der Waals surface area contributed by atoms with Crippen molar-refractivity contribution in [3.8, 4) is 0 Å². The van der Waals surface area contributed by atoms with Gasteiger partial charge in [0.25, 0.3) is 11.8 Å². The summed E-state index contributed by atoms with van der Waals surface area (Å²) in [6.07, 6.45) is 2.98. The average Bonchev–Trinajstić information content (AvgIpc) is 3.14. The molecule has 2 N–H and O–H groups in total. The van der Waals surface area contributed by atoms with Crippen LogP contribution in [0, 0.1) is 6.92 Å². The van der Waals surface area contributed by atoms with Gasteiger partial charge in [0.05, 0.1) is 11.8 Å². The third-order valence-corrected chi connectivity index (χ3v) is 4.41. The van der Waals surface area contributed by atoms with Crippen LogP contribution >= 0.6 is 15.9 Å². The Bertz CT molecular complexity index is 994. The molecule has 0 radical (unpaired) electrons. The van der Waals surface area contributed by atoms with Crippen LogP contribution < -0.4 is 10.6 Å². The van der Waals surface area contributed by atoms with Gasteiger partial charge in [-0.3, -0.25) is 9.59 Å². The number of hydrogen-bond acceptors (Lipinski definition) is 3. The van der Waals surface area contributed by atoms with E-state index in [-0.39, 0.29) is 5.70 Å². The summed E-state index contributed by atoms with van der Waals surface area (Å²) in [5, 5.41) is 5.46. The summed E-state index contributed by atoms with van der Waals surface area (Å²) < 4.78 is 5.92. The number of halogens is 1. The molecule has 0 saturated carbocycles. The summed E-state index contributed by atoms with van der Waals surface area (Å²) in [4.78, 5) is 25.4. The number of hydrogen-bond donors (Lipinski definition) is 2. The lowest BCUT2D eigenvalue weighted by Crippen LogP contribution is -2.31. The molecule has 0 aliphatic carbocycles. The number of carbonyl (C=O) groups excluding carboxylic acids is 2. The highest BCUT2D eigenvalue weighted by Crippen LogP contribution is 2.17. The van der Waals surface area contributed by atoms with E-state index in [0.717, 1.165) is 5.56 Å². The van der Waals surface area contributed by atoms with Crippen LogP contribution in [0.15, 0.2) is 81.5 Å². The van der Waals surface area contributed by atoms with Crippen molar-refractivity contribution >= 4 is 39.5 Å². The average molecular weight is 425 g/mol. The van der Waals surface area contributed by atoms with Crippen molar-refractivity contribution in [1.82, 2.24) is 5.32 Å². The SMILES string of the molecule is Cc1cccc(NC(=O)/C(=C\c2ccco2)NC(=O)c2ccccc2Br)c1. The first kappa shape index (κ1) is 18.7. The van der Waals surface area contributed by atoms with Crippen LogP contribution in [0.2, 0.25) is 0 Å². The molecule has 0 saturated heterocycles. The molecule has 3 rings (SSSR count). The normalized spacial score (nSPS) is 11.1. The molecule has 0 bridgehead atoms. The molecule has 3 aromatic rings. The van der Waals surface area contributed by atoms with Crippen LogP contribution in [-0.2, 0) is 4.79 Å². The maximum Gasteiger partial charge on any atom is 0.272 e. The molecular formula is C21H17BrN2O3. The quantitative estimate of drug-likeness (QED) is 0.579. The lowest BCUT2D eigenvalue weighted by atomic mass is 10.2. The zero-order valence-corrected chi connectivity index (χ0v) is 16.1. The number of carbonyl (C=O) groups is 2. The second kappa shape index (κ2) is 8.51. The Morgan fingerprint density at radius 3 is 2.56 bits per heavy atom. The molecule has 27 heavy (non-hydrogen) atoms. The van der Waals surface area contributed by atoms with Crippen LogP contribution in [-0.4, -0.2) is 11.8 Å². The first-order valence-corrected chi connectivity index (χ1v) is 9.01. The van der Waals surface area contributed by atoms with Gasteiger partial charge in [0.15, 0.2) is 0 Å². The van der Waals surface area contributed by atoms with E-state index in [1.807, 2.05) is 31.2 Å². The Morgan fingerprint density at radius 1 is 1.04 bits per heavy atom. The number of rotatable bonds is 5. The van der Waals surface area contributed by atoms with Crippen LogP contribution in [0.5, 0.6) is 0 Å². The van der Waals surface area contributed by atoms with Crippen LogP contribution in [0.25, 0.3) is 6.08 Å². The van der Waals surface area contributed by atoms with Gasteiger partial charge in [0, 0.05) is 16.2 Å². The molecule has 2 aromatic carbocycles. The molecule has 6 heteroatoms. The van der Waals surface area contributed by atoms with E-state index in [1.165, 1.54) is 12.3 Å². The van der Waals surface area contributed by atoms with Gasteiger partial charge < -0.3 is 15.1 Å². The van der Waals surface area contributed by atoms with Crippen LogP contribution in [0.4, 0.5) is 5.69 Å².